The van der Waals surface area contributed by atoms with E-state index in [-0.39, 0.29) is 0 Å². The maximum Gasteiger partial charge on any atom is 0.125 e. The van der Waals surface area contributed by atoms with Crippen LogP contribution < -0.4 is 10.2 Å². The maximum atomic E-state index is 4.64. The molecule has 0 spiro atoms. The average molecular weight is 218 g/mol. The summed E-state index contributed by atoms with van der Waals surface area (Å²) in [5.41, 5.74) is 2.56. The Kier molecular flexibility index (Phi) is 2.52. The zero-order chi connectivity index (χ0) is 11.0. The summed E-state index contributed by atoms with van der Waals surface area (Å²) in [5.74, 6) is 1.60. The Balaban J connectivity index is 1.91. The number of nitrogens with one attached hydrogen (secondary N) is 1. The van der Waals surface area contributed by atoms with E-state index in [2.05, 4.69) is 20.2 Å². The number of aromatic nitrogens is 2. The molecule has 1 saturated carbocycles. The molecule has 0 radical (unpaired) electrons. The number of aryl methyl sites for hydroxylation is 1. The van der Waals surface area contributed by atoms with Gasteiger partial charge in [-0.05, 0) is 19.8 Å². The minimum absolute atomic E-state index is 0.701. The topological polar surface area (TPSA) is 41.1 Å². The molecule has 1 saturated heterocycles. The van der Waals surface area contributed by atoms with Crippen molar-refractivity contribution in [3.63, 3.8) is 0 Å². The van der Waals surface area contributed by atoms with Gasteiger partial charge in [-0.3, -0.25) is 0 Å². The second-order valence-electron chi connectivity index (χ2n) is 4.70. The van der Waals surface area contributed by atoms with Gasteiger partial charge in [0.1, 0.15) is 5.82 Å². The second-order valence-corrected chi connectivity index (χ2v) is 4.70. The van der Waals surface area contributed by atoms with Crippen LogP contribution in [-0.2, 0) is 0 Å². The van der Waals surface area contributed by atoms with Gasteiger partial charge in [-0.15, -0.1) is 0 Å². The fraction of sp³-hybridized carbons (Fsp3) is 0.667. The number of hydrogen-bond acceptors (Lipinski definition) is 4. The quantitative estimate of drug-likeness (QED) is 0.806. The molecule has 1 aromatic heterocycles. The van der Waals surface area contributed by atoms with Gasteiger partial charge in [0.15, 0.2) is 0 Å². The van der Waals surface area contributed by atoms with E-state index < -0.39 is 0 Å². The van der Waals surface area contributed by atoms with E-state index in [1.807, 2.05) is 13.1 Å². The van der Waals surface area contributed by atoms with Gasteiger partial charge in [0.2, 0.25) is 0 Å². The molecule has 0 aromatic carbocycles. The van der Waals surface area contributed by atoms with Crippen molar-refractivity contribution in [1.82, 2.24) is 15.3 Å². The third kappa shape index (κ3) is 1.89. The van der Waals surface area contributed by atoms with Crippen molar-refractivity contribution in [2.24, 2.45) is 0 Å². The summed E-state index contributed by atoms with van der Waals surface area (Å²) in [7, 11) is 0. The van der Waals surface area contributed by atoms with Crippen LogP contribution in [0.25, 0.3) is 0 Å². The number of anilines is 1. The van der Waals surface area contributed by atoms with E-state index in [9.17, 15) is 0 Å². The van der Waals surface area contributed by atoms with Crippen LogP contribution in [0.15, 0.2) is 6.20 Å². The summed E-state index contributed by atoms with van der Waals surface area (Å²) >= 11 is 0. The molecule has 3 rings (SSSR count). The molecule has 2 aliphatic rings. The lowest BCUT2D eigenvalue weighted by atomic mass is 10.2. The van der Waals surface area contributed by atoms with Crippen LogP contribution in [0.1, 0.15) is 30.3 Å². The Morgan fingerprint density at radius 1 is 1.31 bits per heavy atom. The molecule has 16 heavy (non-hydrogen) atoms. The molecule has 2 heterocycles. The zero-order valence-electron chi connectivity index (χ0n) is 9.74. The van der Waals surface area contributed by atoms with Crippen molar-refractivity contribution in [3.8, 4) is 0 Å². The van der Waals surface area contributed by atoms with E-state index in [4.69, 9.17) is 0 Å². The number of rotatable bonds is 2. The van der Waals surface area contributed by atoms with Crippen LogP contribution in [0.2, 0.25) is 0 Å². The predicted octanol–water partition coefficient (Wildman–Crippen LogP) is 1.07. The Labute approximate surface area is 96.1 Å². The molecular formula is C12H18N4. The Morgan fingerprint density at radius 3 is 2.75 bits per heavy atom. The molecule has 0 unspecified atom stereocenters. The summed E-state index contributed by atoms with van der Waals surface area (Å²) in [6.07, 6.45) is 4.62. The third-order valence-corrected chi connectivity index (χ3v) is 3.34. The molecule has 0 amide bonds. The summed E-state index contributed by atoms with van der Waals surface area (Å²) in [4.78, 5) is 11.4. The first-order valence-corrected chi connectivity index (χ1v) is 6.14. The fourth-order valence-electron chi connectivity index (χ4n) is 2.29. The SMILES string of the molecule is Cc1ncc(N2CCNCC2)c(C2CC2)n1. The van der Waals surface area contributed by atoms with Gasteiger partial charge < -0.3 is 10.2 Å². The Hall–Kier alpha value is -1.16. The molecule has 0 bridgehead atoms. The van der Waals surface area contributed by atoms with Crippen LogP contribution >= 0.6 is 0 Å². The Bertz CT molecular complexity index is 381. The van der Waals surface area contributed by atoms with E-state index in [1.165, 1.54) is 24.2 Å². The molecule has 0 atom stereocenters. The molecule has 4 nitrogen and oxygen atoms in total. The smallest absolute Gasteiger partial charge is 0.125 e. The van der Waals surface area contributed by atoms with Gasteiger partial charge in [-0.25, -0.2) is 9.97 Å². The zero-order valence-corrected chi connectivity index (χ0v) is 9.74. The van der Waals surface area contributed by atoms with Crippen LogP contribution in [-0.4, -0.2) is 36.1 Å². The highest BCUT2D eigenvalue weighted by Gasteiger charge is 2.30. The largest absolute Gasteiger partial charge is 0.366 e. The second kappa shape index (κ2) is 4.01. The first kappa shape index (κ1) is 10.0. The summed E-state index contributed by atoms with van der Waals surface area (Å²) < 4.78 is 0. The van der Waals surface area contributed by atoms with Crippen molar-refractivity contribution >= 4 is 5.69 Å². The van der Waals surface area contributed by atoms with Gasteiger partial charge in [0.25, 0.3) is 0 Å². The summed E-state index contributed by atoms with van der Waals surface area (Å²) in [5, 5.41) is 3.38. The van der Waals surface area contributed by atoms with Crippen molar-refractivity contribution in [2.75, 3.05) is 31.1 Å². The molecule has 1 N–H and O–H groups in total. The van der Waals surface area contributed by atoms with Gasteiger partial charge in [-0.2, -0.15) is 0 Å². The minimum atomic E-state index is 0.701. The van der Waals surface area contributed by atoms with Crippen molar-refractivity contribution in [2.45, 2.75) is 25.7 Å². The Morgan fingerprint density at radius 2 is 2.06 bits per heavy atom. The van der Waals surface area contributed by atoms with Crippen molar-refractivity contribution < 1.29 is 0 Å². The third-order valence-electron chi connectivity index (χ3n) is 3.34. The highest BCUT2D eigenvalue weighted by Crippen LogP contribution is 2.43. The first-order chi connectivity index (χ1) is 7.84. The van der Waals surface area contributed by atoms with Gasteiger partial charge in [0, 0.05) is 32.1 Å². The monoisotopic (exact) mass is 218 g/mol. The lowest BCUT2D eigenvalue weighted by Crippen LogP contribution is -2.44. The lowest BCUT2D eigenvalue weighted by molar-refractivity contribution is 0.585. The summed E-state index contributed by atoms with van der Waals surface area (Å²) in [6, 6.07) is 0. The molecule has 86 valence electrons. The average Bonchev–Trinajstić information content (AvgIpc) is 3.14. The van der Waals surface area contributed by atoms with Gasteiger partial charge >= 0.3 is 0 Å². The van der Waals surface area contributed by atoms with E-state index in [0.29, 0.717) is 5.92 Å². The van der Waals surface area contributed by atoms with E-state index in [1.54, 1.807) is 0 Å². The van der Waals surface area contributed by atoms with Crippen LogP contribution in [0, 0.1) is 6.92 Å². The van der Waals surface area contributed by atoms with E-state index in [0.717, 1.165) is 32.0 Å². The maximum absolute atomic E-state index is 4.64. The predicted molar refractivity (Wildman–Crippen MR) is 63.8 cm³/mol. The van der Waals surface area contributed by atoms with Crippen molar-refractivity contribution in [3.05, 3.63) is 17.7 Å². The molecule has 1 aromatic rings. The minimum Gasteiger partial charge on any atom is -0.366 e. The van der Waals surface area contributed by atoms with Crippen molar-refractivity contribution in [1.29, 1.82) is 0 Å². The standard InChI is InChI=1S/C12H18N4/c1-9-14-8-11(12(15-9)10-2-3-10)16-6-4-13-5-7-16/h8,10,13H,2-7H2,1H3. The summed E-state index contributed by atoms with van der Waals surface area (Å²) in [6.45, 7) is 6.27. The first-order valence-electron chi connectivity index (χ1n) is 6.14. The normalized spacial score (nSPS) is 21.2. The van der Waals surface area contributed by atoms with E-state index >= 15 is 0 Å². The highest BCUT2D eigenvalue weighted by molar-refractivity contribution is 5.52. The molecule has 1 aliphatic heterocycles. The van der Waals surface area contributed by atoms with Crippen LogP contribution in [0.3, 0.4) is 0 Å². The van der Waals surface area contributed by atoms with Crippen LogP contribution in [0.4, 0.5) is 5.69 Å². The molecule has 4 heteroatoms. The van der Waals surface area contributed by atoms with Gasteiger partial charge in [-0.1, -0.05) is 0 Å². The number of hydrogen-bond donors (Lipinski definition) is 1. The molecule has 1 aliphatic carbocycles. The van der Waals surface area contributed by atoms with Gasteiger partial charge in [0.05, 0.1) is 17.6 Å². The lowest BCUT2D eigenvalue weighted by Gasteiger charge is -2.30. The highest BCUT2D eigenvalue weighted by atomic mass is 15.2. The molecular weight excluding hydrogens is 200 g/mol. The fourth-order valence-corrected chi connectivity index (χ4v) is 2.29. The number of nitrogens with zero attached hydrogens (tertiary/aromatic N) is 3. The molecule has 2 fully saturated rings. The van der Waals surface area contributed by atoms with Crippen LogP contribution in [0.5, 0.6) is 0 Å². The number of piperazine rings is 1.